The van der Waals surface area contributed by atoms with Gasteiger partial charge in [0.2, 0.25) is 0 Å². The molecule has 0 fully saturated rings. The summed E-state index contributed by atoms with van der Waals surface area (Å²) in [6.07, 6.45) is 7.47. The van der Waals surface area contributed by atoms with Crippen molar-refractivity contribution in [1.29, 1.82) is 0 Å². The van der Waals surface area contributed by atoms with Gasteiger partial charge in [-0.3, -0.25) is 0 Å². The Morgan fingerprint density at radius 1 is 1.24 bits per heavy atom. The van der Waals surface area contributed by atoms with E-state index in [1.54, 1.807) is 6.20 Å². The molecule has 2 aromatic rings. The molecule has 0 bridgehead atoms. The van der Waals surface area contributed by atoms with Crippen LogP contribution in [0.3, 0.4) is 0 Å². The van der Waals surface area contributed by atoms with Crippen LogP contribution in [0.1, 0.15) is 35.6 Å². The van der Waals surface area contributed by atoms with Crippen LogP contribution in [-0.4, -0.2) is 37.8 Å². The van der Waals surface area contributed by atoms with E-state index in [0.29, 0.717) is 5.03 Å². The Morgan fingerprint density at radius 3 is 2.90 bits per heavy atom. The van der Waals surface area contributed by atoms with E-state index in [1.165, 1.54) is 31.5 Å². The molecule has 0 atom stereocenters. The van der Waals surface area contributed by atoms with E-state index in [1.807, 2.05) is 0 Å². The number of aromatic nitrogens is 5. The van der Waals surface area contributed by atoms with Gasteiger partial charge in [0.1, 0.15) is 10.9 Å². The Kier molecular flexibility index (Phi) is 4.14. The summed E-state index contributed by atoms with van der Waals surface area (Å²) in [6, 6.07) is 0. The summed E-state index contributed by atoms with van der Waals surface area (Å²) in [6.45, 7) is 0.943. The lowest BCUT2D eigenvalue weighted by Crippen LogP contribution is -2.05. The lowest BCUT2D eigenvalue weighted by atomic mass is 10.2. The molecule has 0 aliphatic carbocycles. The highest BCUT2D eigenvalue weighted by Gasteiger charge is 2.16. The number of ether oxygens (including phenoxy) is 1. The van der Waals surface area contributed by atoms with Gasteiger partial charge in [0.25, 0.3) is 0 Å². The van der Waals surface area contributed by atoms with Crippen molar-refractivity contribution >= 4 is 17.7 Å². The zero-order valence-corrected chi connectivity index (χ0v) is 12.5. The van der Waals surface area contributed by atoms with E-state index < -0.39 is 5.97 Å². The molecule has 3 rings (SSSR count). The zero-order chi connectivity index (χ0) is 14.7. The van der Waals surface area contributed by atoms with Crippen molar-refractivity contribution in [3.63, 3.8) is 0 Å². The Bertz CT molecular complexity index is 641. The third kappa shape index (κ3) is 3.05. The van der Waals surface area contributed by atoms with E-state index in [0.717, 1.165) is 36.8 Å². The van der Waals surface area contributed by atoms with Crippen LogP contribution in [0.15, 0.2) is 22.6 Å². The first-order chi connectivity index (χ1) is 10.3. The third-order valence-corrected chi connectivity index (χ3v) is 4.20. The van der Waals surface area contributed by atoms with Crippen LogP contribution in [-0.2, 0) is 17.7 Å². The average Bonchev–Trinajstić information content (AvgIpc) is 2.75. The fourth-order valence-electron chi connectivity index (χ4n) is 2.21. The minimum atomic E-state index is -0.490. The van der Waals surface area contributed by atoms with Crippen LogP contribution >= 0.6 is 11.8 Å². The average molecular weight is 305 g/mol. The number of aryl methyl sites for hydroxylation is 1. The van der Waals surface area contributed by atoms with Crippen LogP contribution in [0.2, 0.25) is 0 Å². The molecule has 3 heterocycles. The summed E-state index contributed by atoms with van der Waals surface area (Å²) < 4.78 is 6.74. The second-order valence-corrected chi connectivity index (χ2v) is 5.68. The quantitative estimate of drug-likeness (QED) is 0.798. The number of carbonyl (C=O) groups excluding carboxylic acids is 1. The van der Waals surface area contributed by atoms with Crippen molar-refractivity contribution in [3.05, 3.63) is 23.9 Å². The lowest BCUT2D eigenvalue weighted by molar-refractivity contribution is 0.0593. The molecule has 0 unspecified atom stereocenters. The smallest absolute Gasteiger partial charge is 0.358 e. The molecule has 0 radical (unpaired) electrons. The van der Waals surface area contributed by atoms with Gasteiger partial charge in [0, 0.05) is 13.0 Å². The summed E-state index contributed by atoms with van der Waals surface area (Å²) in [5, 5.41) is 9.98. The summed E-state index contributed by atoms with van der Waals surface area (Å²) in [5.41, 5.74) is 0.196. The van der Waals surface area contributed by atoms with Crippen LogP contribution in [0.5, 0.6) is 0 Å². The van der Waals surface area contributed by atoms with Gasteiger partial charge in [-0.25, -0.2) is 14.8 Å². The Labute approximate surface area is 126 Å². The largest absolute Gasteiger partial charge is 0.464 e. The van der Waals surface area contributed by atoms with E-state index >= 15 is 0 Å². The first-order valence-corrected chi connectivity index (χ1v) is 7.60. The first-order valence-electron chi connectivity index (χ1n) is 6.78. The molecule has 0 aromatic carbocycles. The van der Waals surface area contributed by atoms with Gasteiger partial charge in [0.15, 0.2) is 10.9 Å². The second kappa shape index (κ2) is 6.21. The Hall–Kier alpha value is -1.96. The minimum absolute atomic E-state index is 0.196. The highest BCUT2D eigenvalue weighted by atomic mass is 32.2. The fourth-order valence-corrected chi connectivity index (χ4v) is 2.99. The molecular formula is C13H15N5O2S. The van der Waals surface area contributed by atoms with Crippen LogP contribution < -0.4 is 0 Å². The van der Waals surface area contributed by atoms with Crippen LogP contribution in [0, 0.1) is 0 Å². The molecular weight excluding hydrogens is 290 g/mol. The van der Waals surface area contributed by atoms with E-state index in [-0.39, 0.29) is 5.69 Å². The van der Waals surface area contributed by atoms with Crippen molar-refractivity contribution in [2.75, 3.05) is 7.11 Å². The normalized spacial score (nSPS) is 14.3. The fraction of sp³-hybridized carbons (Fsp3) is 0.462. The summed E-state index contributed by atoms with van der Waals surface area (Å²) >= 11 is 1.41. The van der Waals surface area contributed by atoms with Crippen LogP contribution in [0.25, 0.3) is 0 Å². The molecule has 1 aliphatic rings. The van der Waals surface area contributed by atoms with Gasteiger partial charge in [-0.05, 0) is 24.6 Å². The number of esters is 1. The summed E-state index contributed by atoms with van der Waals surface area (Å²) in [7, 11) is 1.32. The number of hydrogen-bond donors (Lipinski definition) is 0. The predicted molar refractivity (Wildman–Crippen MR) is 75.1 cm³/mol. The van der Waals surface area contributed by atoms with Gasteiger partial charge in [-0.1, -0.05) is 6.42 Å². The summed E-state index contributed by atoms with van der Waals surface area (Å²) in [4.78, 5) is 19.6. The van der Waals surface area contributed by atoms with Crippen molar-refractivity contribution in [2.24, 2.45) is 0 Å². The monoisotopic (exact) mass is 305 g/mol. The molecule has 8 heteroatoms. The van der Waals surface area contributed by atoms with Gasteiger partial charge >= 0.3 is 5.97 Å². The molecule has 0 saturated carbocycles. The van der Waals surface area contributed by atoms with E-state index in [9.17, 15) is 4.79 Å². The summed E-state index contributed by atoms with van der Waals surface area (Å²) in [5.74, 6) is 0.546. The molecule has 0 spiro atoms. The SMILES string of the molecule is COC(=O)c1cnc(Sc2nnc3n2CCCCC3)cn1. The Morgan fingerprint density at radius 2 is 2.14 bits per heavy atom. The maximum absolute atomic E-state index is 11.3. The molecule has 21 heavy (non-hydrogen) atoms. The number of carbonyl (C=O) groups is 1. The molecule has 0 N–H and O–H groups in total. The number of fused-ring (bicyclic) bond motifs is 1. The highest BCUT2D eigenvalue weighted by Crippen LogP contribution is 2.26. The van der Waals surface area contributed by atoms with Gasteiger partial charge in [-0.2, -0.15) is 0 Å². The highest BCUT2D eigenvalue weighted by molar-refractivity contribution is 7.99. The molecule has 1 aliphatic heterocycles. The third-order valence-electron chi connectivity index (χ3n) is 3.29. The van der Waals surface area contributed by atoms with E-state index in [2.05, 4.69) is 29.5 Å². The topological polar surface area (TPSA) is 82.8 Å². The number of nitrogens with zero attached hydrogens (tertiary/aromatic N) is 5. The Balaban J connectivity index is 1.78. The van der Waals surface area contributed by atoms with Crippen molar-refractivity contribution in [2.45, 2.75) is 42.4 Å². The number of hydrogen-bond acceptors (Lipinski definition) is 7. The van der Waals surface area contributed by atoms with Crippen molar-refractivity contribution in [1.82, 2.24) is 24.7 Å². The van der Waals surface area contributed by atoms with E-state index in [4.69, 9.17) is 0 Å². The van der Waals surface area contributed by atoms with Gasteiger partial charge in [0.05, 0.1) is 19.5 Å². The zero-order valence-electron chi connectivity index (χ0n) is 11.7. The second-order valence-electron chi connectivity index (χ2n) is 4.69. The predicted octanol–water partition coefficient (Wildman–Crippen LogP) is 1.73. The maximum atomic E-state index is 11.3. The molecule has 0 amide bonds. The van der Waals surface area contributed by atoms with Crippen LogP contribution in [0.4, 0.5) is 0 Å². The molecule has 2 aromatic heterocycles. The maximum Gasteiger partial charge on any atom is 0.358 e. The molecule has 7 nitrogen and oxygen atoms in total. The standard InChI is InChI=1S/C13H15N5O2S/c1-20-12(19)9-7-15-11(8-14-9)21-13-17-16-10-5-3-2-4-6-18(10)13/h7-8H,2-6H2,1H3. The first kappa shape index (κ1) is 14.0. The minimum Gasteiger partial charge on any atom is -0.464 e. The van der Waals surface area contributed by atoms with Crippen molar-refractivity contribution in [3.8, 4) is 0 Å². The lowest BCUT2D eigenvalue weighted by Gasteiger charge is -2.05. The molecule has 0 saturated heterocycles. The van der Waals surface area contributed by atoms with Gasteiger partial charge in [-0.15, -0.1) is 10.2 Å². The van der Waals surface area contributed by atoms with Gasteiger partial charge < -0.3 is 9.30 Å². The number of rotatable bonds is 3. The number of methoxy groups -OCH3 is 1. The van der Waals surface area contributed by atoms with Crippen molar-refractivity contribution < 1.29 is 9.53 Å². The molecule has 110 valence electrons.